The number of Topliss-reactive ketones (excluding diaryl/α,β-unsaturated/α-hetero) is 1. The SMILES string of the molecule is CCc1ccc2nc(N3C(=O)C(O)=C(C(=O)c4ccc(C)o4)[C@@H]3c3cccc([N+](=O)[O-])c3)sc2c1. The van der Waals surface area contributed by atoms with E-state index in [4.69, 9.17) is 4.42 Å². The molecule has 9 nitrogen and oxygen atoms in total. The van der Waals surface area contributed by atoms with Crippen molar-refractivity contribution in [3.63, 3.8) is 0 Å². The molecule has 0 fully saturated rings. The summed E-state index contributed by atoms with van der Waals surface area (Å²) in [6.07, 6.45) is 0.825. The van der Waals surface area contributed by atoms with E-state index < -0.39 is 28.4 Å². The summed E-state index contributed by atoms with van der Waals surface area (Å²) in [6, 6.07) is 13.3. The minimum Gasteiger partial charge on any atom is -0.503 e. The smallest absolute Gasteiger partial charge is 0.296 e. The monoisotopic (exact) mass is 489 g/mol. The number of aryl methyl sites for hydroxylation is 2. The van der Waals surface area contributed by atoms with Gasteiger partial charge in [0, 0.05) is 12.1 Å². The van der Waals surface area contributed by atoms with Crippen molar-refractivity contribution < 1.29 is 24.0 Å². The third kappa shape index (κ3) is 3.77. The van der Waals surface area contributed by atoms with E-state index in [0.717, 1.165) is 16.7 Å². The van der Waals surface area contributed by atoms with Gasteiger partial charge in [0.15, 0.2) is 16.7 Å². The number of nitrogens with zero attached hydrogens (tertiary/aromatic N) is 3. The van der Waals surface area contributed by atoms with Crippen molar-refractivity contribution in [2.24, 2.45) is 0 Å². The molecule has 1 amide bonds. The lowest BCUT2D eigenvalue weighted by Crippen LogP contribution is -2.31. The molecule has 1 atom stereocenters. The number of benzene rings is 2. The maximum absolute atomic E-state index is 13.4. The predicted molar refractivity (Wildman–Crippen MR) is 130 cm³/mol. The summed E-state index contributed by atoms with van der Waals surface area (Å²) in [5, 5.41) is 22.6. The second-order valence-electron chi connectivity index (χ2n) is 8.08. The van der Waals surface area contributed by atoms with Crippen LogP contribution in [0.5, 0.6) is 0 Å². The minimum absolute atomic E-state index is 0.0500. The Labute approximate surface area is 203 Å². The summed E-state index contributed by atoms with van der Waals surface area (Å²) in [6.45, 7) is 3.70. The van der Waals surface area contributed by atoms with Gasteiger partial charge in [0.2, 0.25) is 5.78 Å². The number of amides is 1. The summed E-state index contributed by atoms with van der Waals surface area (Å²) >= 11 is 1.24. The van der Waals surface area contributed by atoms with Crippen LogP contribution in [0.2, 0.25) is 0 Å². The first-order chi connectivity index (χ1) is 16.8. The van der Waals surface area contributed by atoms with E-state index in [1.165, 1.54) is 40.5 Å². The number of rotatable bonds is 6. The van der Waals surface area contributed by atoms with Gasteiger partial charge in [-0.15, -0.1) is 0 Å². The molecule has 0 aliphatic carbocycles. The molecule has 0 saturated heterocycles. The number of fused-ring (bicyclic) bond motifs is 1. The lowest BCUT2D eigenvalue weighted by molar-refractivity contribution is -0.384. The number of carbonyl (C=O) groups is 2. The van der Waals surface area contributed by atoms with Gasteiger partial charge in [0.1, 0.15) is 5.76 Å². The molecule has 0 radical (unpaired) electrons. The van der Waals surface area contributed by atoms with Gasteiger partial charge in [0.05, 0.1) is 26.8 Å². The van der Waals surface area contributed by atoms with Gasteiger partial charge < -0.3 is 9.52 Å². The third-order valence-corrected chi connectivity index (χ3v) is 6.89. The molecule has 0 unspecified atom stereocenters. The van der Waals surface area contributed by atoms with E-state index in [1.807, 2.05) is 25.1 Å². The topological polar surface area (TPSA) is 127 Å². The number of nitro groups is 1. The molecule has 0 saturated carbocycles. The lowest BCUT2D eigenvalue weighted by atomic mass is 9.95. The molecule has 1 aliphatic rings. The van der Waals surface area contributed by atoms with Crippen molar-refractivity contribution >= 4 is 44.1 Å². The largest absolute Gasteiger partial charge is 0.503 e. The van der Waals surface area contributed by atoms with Gasteiger partial charge in [0.25, 0.3) is 11.6 Å². The van der Waals surface area contributed by atoms with Gasteiger partial charge in [-0.2, -0.15) is 0 Å². The van der Waals surface area contributed by atoms with Crippen LogP contribution < -0.4 is 4.90 Å². The lowest BCUT2D eigenvalue weighted by Gasteiger charge is -2.24. The Hall–Kier alpha value is -4.31. The fraction of sp³-hybridized carbons (Fsp3) is 0.160. The van der Waals surface area contributed by atoms with Crippen LogP contribution >= 0.6 is 11.3 Å². The molecule has 176 valence electrons. The van der Waals surface area contributed by atoms with Crippen LogP contribution in [-0.4, -0.2) is 26.7 Å². The number of hydrogen-bond acceptors (Lipinski definition) is 8. The number of carbonyl (C=O) groups excluding carboxylic acids is 2. The van der Waals surface area contributed by atoms with Crippen molar-refractivity contribution in [2.75, 3.05) is 4.90 Å². The van der Waals surface area contributed by atoms with Gasteiger partial charge in [-0.05, 0) is 48.7 Å². The highest BCUT2D eigenvalue weighted by Crippen LogP contribution is 2.44. The molecule has 4 aromatic rings. The van der Waals surface area contributed by atoms with Crippen molar-refractivity contribution in [3.8, 4) is 0 Å². The Morgan fingerprint density at radius 2 is 2.03 bits per heavy atom. The second kappa shape index (κ2) is 8.48. The van der Waals surface area contributed by atoms with Crippen molar-refractivity contribution in [3.05, 3.63) is 98.7 Å². The van der Waals surface area contributed by atoms with Crippen molar-refractivity contribution in [2.45, 2.75) is 26.3 Å². The van der Waals surface area contributed by atoms with Gasteiger partial charge in [-0.3, -0.25) is 24.6 Å². The van der Waals surface area contributed by atoms with E-state index in [0.29, 0.717) is 11.3 Å². The molecule has 2 aromatic carbocycles. The number of thiazole rings is 1. The first-order valence-corrected chi connectivity index (χ1v) is 11.6. The van der Waals surface area contributed by atoms with E-state index in [-0.39, 0.29) is 27.7 Å². The molecular weight excluding hydrogens is 470 g/mol. The summed E-state index contributed by atoms with van der Waals surface area (Å²) < 4.78 is 6.29. The highest BCUT2D eigenvalue weighted by Gasteiger charge is 2.46. The fourth-order valence-corrected chi connectivity index (χ4v) is 5.18. The van der Waals surface area contributed by atoms with Crippen LogP contribution in [0, 0.1) is 17.0 Å². The predicted octanol–water partition coefficient (Wildman–Crippen LogP) is 5.45. The summed E-state index contributed by atoms with van der Waals surface area (Å²) in [5.74, 6) is -1.81. The van der Waals surface area contributed by atoms with Crippen LogP contribution in [0.1, 0.15) is 40.4 Å². The van der Waals surface area contributed by atoms with Crippen LogP contribution in [0.25, 0.3) is 10.2 Å². The van der Waals surface area contributed by atoms with Crippen LogP contribution in [0.15, 0.2) is 70.3 Å². The van der Waals surface area contributed by atoms with E-state index in [1.54, 1.807) is 19.1 Å². The maximum Gasteiger partial charge on any atom is 0.296 e. The number of aliphatic hydroxyl groups is 1. The molecule has 1 aliphatic heterocycles. The summed E-state index contributed by atoms with van der Waals surface area (Å²) in [4.78, 5) is 43.4. The third-order valence-electron chi connectivity index (χ3n) is 5.87. The van der Waals surface area contributed by atoms with Crippen LogP contribution in [0.3, 0.4) is 0 Å². The van der Waals surface area contributed by atoms with Gasteiger partial charge in [-0.25, -0.2) is 4.98 Å². The molecule has 2 aromatic heterocycles. The molecule has 3 heterocycles. The van der Waals surface area contributed by atoms with E-state index in [9.17, 15) is 24.8 Å². The van der Waals surface area contributed by atoms with E-state index in [2.05, 4.69) is 4.98 Å². The second-order valence-corrected chi connectivity index (χ2v) is 9.09. The summed E-state index contributed by atoms with van der Waals surface area (Å²) in [7, 11) is 0. The van der Waals surface area contributed by atoms with Gasteiger partial charge >= 0.3 is 0 Å². The van der Waals surface area contributed by atoms with Crippen molar-refractivity contribution in [1.82, 2.24) is 4.98 Å². The molecule has 10 heteroatoms. The number of nitro benzene ring substituents is 1. The first-order valence-electron chi connectivity index (χ1n) is 10.8. The minimum atomic E-state index is -1.13. The fourth-order valence-electron chi connectivity index (χ4n) is 4.13. The molecule has 0 bridgehead atoms. The number of hydrogen-bond donors (Lipinski definition) is 1. The number of ketones is 1. The number of non-ortho nitro benzene ring substituents is 1. The number of anilines is 1. The molecule has 5 rings (SSSR count). The van der Waals surface area contributed by atoms with Crippen LogP contribution in [-0.2, 0) is 11.2 Å². The zero-order valence-electron chi connectivity index (χ0n) is 18.7. The highest BCUT2D eigenvalue weighted by molar-refractivity contribution is 7.22. The maximum atomic E-state index is 13.4. The molecule has 1 N–H and O–H groups in total. The van der Waals surface area contributed by atoms with Gasteiger partial charge in [-0.1, -0.05) is 36.5 Å². The molecule has 35 heavy (non-hydrogen) atoms. The average molecular weight is 490 g/mol. The number of furan rings is 1. The first kappa shape index (κ1) is 22.5. The molecular formula is C25H19N3O6S. The Balaban J connectivity index is 1.69. The Kier molecular flexibility index (Phi) is 5.45. The highest BCUT2D eigenvalue weighted by atomic mass is 32.1. The number of aromatic nitrogens is 1. The van der Waals surface area contributed by atoms with Crippen molar-refractivity contribution in [1.29, 1.82) is 0 Å². The zero-order valence-corrected chi connectivity index (χ0v) is 19.5. The van der Waals surface area contributed by atoms with E-state index >= 15 is 0 Å². The summed E-state index contributed by atoms with van der Waals surface area (Å²) in [5.41, 5.74) is 1.61. The Morgan fingerprint density at radius 3 is 2.71 bits per heavy atom. The quantitative estimate of drug-likeness (QED) is 0.217. The number of aliphatic hydroxyl groups excluding tert-OH is 1. The van der Waals surface area contributed by atoms with Crippen LogP contribution in [0.4, 0.5) is 10.8 Å². The Morgan fingerprint density at radius 1 is 1.23 bits per heavy atom. The zero-order chi connectivity index (χ0) is 24.9. The normalized spacial score (nSPS) is 15.9. The molecule has 0 spiro atoms. The standard InChI is InChI=1S/C25H19N3O6S/c1-3-14-8-9-17-19(11-14)35-25(26-17)27-21(15-5-4-6-16(12-15)28(32)33)20(23(30)24(27)31)22(29)18-10-7-13(2)34-18/h4-12,21,30H,3H2,1-2H3/t21-/m0/s1. The average Bonchev–Trinajstić information content (AvgIpc) is 3.54. The Bertz CT molecular complexity index is 1550.